The molecule has 1 N–H and O–H groups in total. The number of hydrogen-bond acceptors (Lipinski definition) is 4. The lowest BCUT2D eigenvalue weighted by Crippen LogP contribution is -2.35. The minimum atomic E-state index is -0.627. The van der Waals surface area contributed by atoms with Crippen LogP contribution in [0, 0.1) is 23.1 Å². The maximum absolute atomic E-state index is 13.7. The first kappa shape index (κ1) is 14.0. The number of nitriles is 1. The maximum Gasteiger partial charge on any atom is 0.328 e. The molecule has 0 amide bonds. The number of esters is 1. The van der Waals surface area contributed by atoms with Gasteiger partial charge in [-0.2, -0.15) is 5.26 Å². The summed E-state index contributed by atoms with van der Waals surface area (Å²) in [7, 11) is 1.29. The van der Waals surface area contributed by atoms with Gasteiger partial charge in [-0.25, -0.2) is 9.18 Å². The van der Waals surface area contributed by atoms with Gasteiger partial charge >= 0.3 is 5.97 Å². The first-order valence-corrected chi connectivity index (χ1v) is 5.53. The molecule has 0 aliphatic heterocycles. The Balaban J connectivity index is 2.95. The number of rotatable bonds is 4. The molecule has 0 fully saturated rings. The van der Waals surface area contributed by atoms with Crippen LogP contribution in [0.5, 0.6) is 0 Å². The summed E-state index contributed by atoms with van der Waals surface area (Å²) in [6.45, 7) is 3.66. The Kier molecular flexibility index (Phi) is 4.67. The lowest BCUT2D eigenvalue weighted by Gasteiger charge is -2.21. The highest BCUT2D eigenvalue weighted by atomic mass is 19.1. The summed E-state index contributed by atoms with van der Waals surface area (Å²) in [5, 5.41) is 11.4. The Hall–Kier alpha value is -2.09. The summed E-state index contributed by atoms with van der Waals surface area (Å²) in [6, 6.07) is 5.26. The zero-order valence-corrected chi connectivity index (χ0v) is 10.5. The Labute approximate surface area is 105 Å². The van der Waals surface area contributed by atoms with Crippen molar-refractivity contribution in [3.63, 3.8) is 0 Å². The second kappa shape index (κ2) is 6.01. The number of halogens is 1. The van der Waals surface area contributed by atoms with Gasteiger partial charge in [0.2, 0.25) is 0 Å². The van der Waals surface area contributed by atoms with Crippen LogP contribution in [0.25, 0.3) is 0 Å². The summed E-state index contributed by atoms with van der Waals surface area (Å²) in [6.07, 6.45) is 0. The van der Waals surface area contributed by atoms with Crippen molar-refractivity contribution in [1.82, 2.24) is 0 Å². The van der Waals surface area contributed by atoms with Crippen LogP contribution in [0.4, 0.5) is 10.1 Å². The van der Waals surface area contributed by atoms with Gasteiger partial charge in [-0.3, -0.25) is 0 Å². The number of nitrogens with zero attached hydrogens (tertiary/aromatic N) is 1. The molecule has 18 heavy (non-hydrogen) atoms. The lowest BCUT2D eigenvalue weighted by molar-refractivity contribution is -0.142. The van der Waals surface area contributed by atoms with Crippen LogP contribution >= 0.6 is 0 Å². The van der Waals surface area contributed by atoms with Crippen LogP contribution in [0.2, 0.25) is 0 Å². The largest absolute Gasteiger partial charge is 0.467 e. The molecule has 0 bridgehead atoms. The summed E-state index contributed by atoms with van der Waals surface area (Å²) in [4.78, 5) is 11.5. The highest BCUT2D eigenvalue weighted by Gasteiger charge is 2.23. The normalized spacial score (nSPS) is 11.8. The smallest absolute Gasteiger partial charge is 0.328 e. The van der Waals surface area contributed by atoms with Gasteiger partial charge in [0.05, 0.1) is 24.4 Å². The van der Waals surface area contributed by atoms with Crippen LogP contribution in [0.1, 0.15) is 19.4 Å². The van der Waals surface area contributed by atoms with Crippen molar-refractivity contribution in [3.05, 3.63) is 29.6 Å². The molecule has 0 saturated heterocycles. The molecule has 4 nitrogen and oxygen atoms in total. The van der Waals surface area contributed by atoms with Gasteiger partial charge in [0, 0.05) is 0 Å². The second-order valence-corrected chi connectivity index (χ2v) is 4.20. The fourth-order valence-corrected chi connectivity index (χ4v) is 1.49. The van der Waals surface area contributed by atoms with Crippen molar-refractivity contribution < 1.29 is 13.9 Å². The Morgan fingerprint density at radius 3 is 2.61 bits per heavy atom. The molecule has 0 aliphatic carbocycles. The predicted molar refractivity (Wildman–Crippen MR) is 65.4 cm³/mol. The minimum absolute atomic E-state index is 0.0486. The predicted octanol–water partition coefficient (Wildman–Crippen LogP) is 2.31. The van der Waals surface area contributed by atoms with E-state index in [1.807, 2.05) is 19.9 Å². The van der Waals surface area contributed by atoms with E-state index in [0.717, 1.165) is 6.07 Å². The van der Waals surface area contributed by atoms with Gasteiger partial charge in [0.1, 0.15) is 11.9 Å². The van der Waals surface area contributed by atoms with Gasteiger partial charge in [-0.05, 0) is 24.1 Å². The Morgan fingerprint density at radius 2 is 2.17 bits per heavy atom. The zero-order valence-electron chi connectivity index (χ0n) is 10.5. The van der Waals surface area contributed by atoms with Gasteiger partial charge in [0.15, 0.2) is 0 Å². The van der Waals surface area contributed by atoms with Crippen LogP contribution in [0.15, 0.2) is 18.2 Å². The van der Waals surface area contributed by atoms with E-state index in [1.54, 1.807) is 0 Å². The number of carbonyl (C=O) groups excluding carboxylic acids is 1. The SMILES string of the molecule is COC(=O)C(Nc1ccc(C#N)cc1F)C(C)C. The van der Waals surface area contributed by atoms with Crippen molar-refractivity contribution in [2.24, 2.45) is 5.92 Å². The third kappa shape index (κ3) is 3.20. The lowest BCUT2D eigenvalue weighted by atomic mass is 10.0. The van der Waals surface area contributed by atoms with Crippen molar-refractivity contribution in [3.8, 4) is 6.07 Å². The molecule has 1 atom stereocenters. The van der Waals surface area contributed by atoms with Gasteiger partial charge < -0.3 is 10.1 Å². The molecule has 0 radical (unpaired) electrons. The van der Waals surface area contributed by atoms with E-state index in [-0.39, 0.29) is 17.2 Å². The number of benzene rings is 1. The number of ether oxygens (including phenoxy) is 1. The second-order valence-electron chi connectivity index (χ2n) is 4.20. The van der Waals surface area contributed by atoms with Crippen molar-refractivity contribution >= 4 is 11.7 Å². The van der Waals surface area contributed by atoms with E-state index < -0.39 is 17.8 Å². The standard InChI is InChI=1S/C13H15FN2O2/c1-8(2)12(13(17)18-3)16-11-5-4-9(7-15)6-10(11)14/h4-6,8,12,16H,1-3H3. The van der Waals surface area contributed by atoms with Crippen LogP contribution in [0.3, 0.4) is 0 Å². The number of nitrogens with one attached hydrogen (secondary N) is 1. The van der Waals surface area contributed by atoms with E-state index in [2.05, 4.69) is 10.1 Å². The first-order chi connectivity index (χ1) is 8.49. The quantitative estimate of drug-likeness (QED) is 0.833. The van der Waals surface area contributed by atoms with E-state index in [1.165, 1.54) is 19.2 Å². The highest BCUT2D eigenvalue weighted by molar-refractivity contribution is 5.79. The summed E-state index contributed by atoms with van der Waals surface area (Å²) in [5.41, 5.74) is 0.412. The summed E-state index contributed by atoms with van der Waals surface area (Å²) < 4.78 is 18.3. The maximum atomic E-state index is 13.7. The van der Waals surface area contributed by atoms with Gasteiger partial charge in [-0.15, -0.1) is 0 Å². The van der Waals surface area contributed by atoms with Gasteiger partial charge in [0.25, 0.3) is 0 Å². The number of anilines is 1. The highest BCUT2D eigenvalue weighted by Crippen LogP contribution is 2.19. The molecule has 1 aromatic carbocycles. The fourth-order valence-electron chi connectivity index (χ4n) is 1.49. The molecule has 0 saturated carbocycles. The van der Waals surface area contributed by atoms with E-state index in [9.17, 15) is 9.18 Å². The molecule has 0 heterocycles. The molecular formula is C13H15FN2O2. The Morgan fingerprint density at radius 1 is 1.50 bits per heavy atom. The third-order valence-electron chi connectivity index (χ3n) is 2.53. The number of carbonyl (C=O) groups is 1. The molecule has 5 heteroatoms. The molecule has 1 aromatic rings. The van der Waals surface area contributed by atoms with E-state index in [0.29, 0.717) is 0 Å². The first-order valence-electron chi connectivity index (χ1n) is 5.53. The molecule has 96 valence electrons. The number of methoxy groups -OCH3 is 1. The average Bonchev–Trinajstić information content (AvgIpc) is 2.35. The zero-order chi connectivity index (χ0) is 13.7. The van der Waals surface area contributed by atoms with Crippen LogP contribution in [-0.2, 0) is 9.53 Å². The topological polar surface area (TPSA) is 62.1 Å². The van der Waals surface area contributed by atoms with Crippen molar-refractivity contribution in [2.45, 2.75) is 19.9 Å². The summed E-state index contributed by atoms with van der Waals surface area (Å²) in [5.74, 6) is -1.06. The van der Waals surface area contributed by atoms with E-state index >= 15 is 0 Å². The fraction of sp³-hybridized carbons (Fsp3) is 0.385. The number of hydrogen-bond donors (Lipinski definition) is 1. The van der Waals surface area contributed by atoms with Crippen molar-refractivity contribution in [2.75, 3.05) is 12.4 Å². The minimum Gasteiger partial charge on any atom is -0.467 e. The molecule has 0 spiro atoms. The Bertz CT molecular complexity index is 480. The monoisotopic (exact) mass is 250 g/mol. The molecule has 1 unspecified atom stereocenters. The van der Waals surface area contributed by atoms with Crippen molar-refractivity contribution in [1.29, 1.82) is 5.26 Å². The molecule has 1 rings (SSSR count). The van der Waals surface area contributed by atoms with Gasteiger partial charge in [-0.1, -0.05) is 13.8 Å². The summed E-state index contributed by atoms with van der Waals surface area (Å²) >= 11 is 0. The molecule has 0 aliphatic rings. The van der Waals surface area contributed by atoms with Crippen LogP contribution < -0.4 is 5.32 Å². The molecule has 0 aromatic heterocycles. The average molecular weight is 250 g/mol. The third-order valence-corrected chi connectivity index (χ3v) is 2.53. The molecular weight excluding hydrogens is 235 g/mol. The van der Waals surface area contributed by atoms with E-state index in [4.69, 9.17) is 5.26 Å². The van der Waals surface area contributed by atoms with Crippen LogP contribution in [-0.4, -0.2) is 19.1 Å².